The number of hydrogen-bond acceptors (Lipinski definition) is 2. The van der Waals surface area contributed by atoms with Crippen molar-refractivity contribution in [1.82, 2.24) is 10.6 Å². The number of imide groups is 1. The Hall–Kier alpha value is -2.76. The molecule has 0 atom stereocenters. The van der Waals surface area contributed by atoms with Gasteiger partial charge in [-0.15, -0.1) is 0 Å². The zero-order valence-electron chi connectivity index (χ0n) is 13.4. The van der Waals surface area contributed by atoms with Gasteiger partial charge in [-0.2, -0.15) is 0 Å². The van der Waals surface area contributed by atoms with Gasteiger partial charge in [-0.1, -0.05) is 36.4 Å². The number of hydrogen-bond donors (Lipinski definition) is 2. The van der Waals surface area contributed by atoms with Gasteiger partial charge < -0.3 is 5.32 Å². The quantitative estimate of drug-likeness (QED) is 0.901. The summed E-state index contributed by atoms with van der Waals surface area (Å²) in [6.07, 6.45) is 0.531. The molecule has 24 heavy (non-hydrogen) atoms. The molecule has 0 saturated heterocycles. The van der Waals surface area contributed by atoms with Gasteiger partial charge in [0.15, 0.2) is 0 Å². The second-order valence-electron chi connectivity index (χ2n) is 6.05. The lowest BCUT2D eigenvalue weighted by Crippen LogP contribution is -2.51. The van der Waals surface area contributed by atoms with Crippen LogP contribution in [-0.4, -0.2) is 17.5 Å². The number of amides is 3. The summed E-state index contributed by atoms with van der Waals surface area (Å²) in [6.45, 7) is 3.57. The lowest BCUT2D eigenvalue weighted by atomic mass is 9.95. The van der Waals surface area contributed by atoms with Crippen LogP contribution in [-0.2, 0) is 6.42 Å². The van der Waals surface area contributed by atoms with Crippen LogP contribution in [0.25, 0.3) is 0 Å². The minimum Gasteiger partial charge on any atom is -0.333 e. The third-order valence-corrected chi connectivity index (χ3v) is 3.36. The molecule has 126 valence electrons. The SMILES string of the molecule is CC(C)(Cc1ccccc1)NC(=O)NC(=O)c1c(F)cccc1F. The first-order valence-corrected chi connectivity index (χ1v) is 7.40. The molecule has 0 aromatic heterocycles. The maximum atomic E-state index is 13.5. The molecule has 0 bridgehead atoms. The Morgan fingerprint density at radius 2 is 1.54 bits per heavy atom. The van der Waals surface area contributed by atoms with E-state index < -0.39 is 34.7 Å². The van der Waals surface area contributed by atoms with Crippen LogP contribution in [0.2, 0.25) is 0 Å². The third-order valence-electron chi connectivity index (χ3n) is 3.36. The van der Waals surface area contributed by atoms with Gasteiger partial charge in [-0.25, -0.2) is 13.6 Å². The van der Waals surface area contributed by atoms with Crippen LogP contribution in [0.15, 0.2) is 48.5 Å². The minimum atomic E-state index is -1.13. The van der Waals surface area contributed by atoms with Crippen LogP contribution in [0.4, 0.5) is 13.6 Å². The molecule has 6 heteroatoms. The Balaban J connectivity index is 2.01. The van der Waals surface area contributed by atoms with Crippen LogP contribution < -0.4 is 10.6 Å². The maximum Gasteiger partial charge on any atom is 0.322 e. The molecule has 0 fully saturated rings. The van der Waals surface area contributed by atoms with Gasteiger partial charge in [-0.05, 0) is 38.0 Å². The first-order valence-electron chi connectivity index (χ1n) is 7.40. The number of rotatable bonds is 4. The van der Waals surface area contributed by atoms with Crippen molar-refractivity contribution in [2.24, 2.45) is 0 Å². The van der Waals surface area contributed by atoms with Crippen LogP contribution in [0.5, 0.6) is 0 Å². The Bertz CT molecular complexity index is 726. The fraction of sp³-hybridized carbons (Fsp3) is 0.222. The van der Waals surface area contributed by atoms with Crippen molar-refractivity contribution in [1.29, 1.82) is 0 Å². The van der Waals surface area contributed by atoms with Gasteiger partial charge in [0.25, 0.3) is 5.91 Å². The summed E-state index contributed by atoms with van der Waals surface area (Å²) in [7, 11) is 0. The largest absolute Gasteiger partial charge is 0.333 e. The monoisotopic (exact) mass is 332 g/mol. The van der Waals surface area contributed by atoms with E-state index in [-0.39, 0.29) is 0 Å². The highest BCUT2D eigenvalue weighted by Gasteiger charge is 2.24. The number of carbonyl (C=O) groups excluding carboxylic acids is 2. The van der Waals surface area contributed by atoms with E-state index in [9.17, 15) is 18.4 Å². The summed E-state index contributed by atoms with van der Waals surface area (Å²) in [5.74, 6) is -3.17. The fourth-order valence-electron chi connectivity index (χ4n) is 2.37. The molecule has 0 aliphatic carbocycles. The normalized spacial score (nSPS) is 11.0. The standard InChI is InChI=1S/C18H18F2N2O2/c1-18(2,11-12-7-4-3-5-8-12)22-17(24)21-16(23)15-13(19)9-6-10-14(15)20/h3-10H,11H2,1-2H3,(H2,21,22,23,24). The molecule has 2 aromatic carbocycles. The highest BCUT2D eigenvalue weighted by molar-refractivity contribution is 6.04. The van der Waals surface area contributed by atoms with Gasteiger partial charge in [0, 0.05) is 5.54 Å². The van der Waals surface area contributed by atoms with Crippen LogP contribution >= 0.6 is 0 Å². The zero-order valence-corrected chi connectivity index (χ0v) is 13.4. The van der Waals surface area contributed by atoms with Crippen molar-refractivity contribution in [3.63, 3.8) is 0 Å². The molecular formula is C18H18F2N2O2. The second-order valence-corrected chi connectivity index (χ2v) is 6.05. The summed E-state index contributed by atoms with van der Waals surface area (Å²) in [4.78, 5) is 23.9. The second kappa shape index (κ2) is 7.21. The number of urea groups is 1. The molecule has 0 spiro atoms. The van der Waals surface area contributed by atoms with Gasteiger partial charge in [-0.3, -0.25) is 10.1 Å². The maximum absolute atomic E-state index is 13.5. The highest BCUT2D eigenvalue weighted by Crippen LogP contribution is 2.13. The molecule has 0 heterocycles. The van der Waals surface area contributed by atoms with E-state index in [2.05, 4.69) is 5.32 Å². The van der Waals surface area contributed by atoms with E-state index in [0.29, 0.717) is 6.42 Å². The van der Waals surface area contributed by atoms with E-state index in [1.54, 1.807) is 13.8 Å². The fourth-order valence-corrected chi connectivity index (χ4v) is 2.37. The van der Waals surface area contributed by atoms with E-state index in [0.717, 1.165) is 23.8 Å². The highest BCUT2D eigenvalue weighted by atomic mass is 19.1. The number of carbonyl (C=O) groups is 2. The molecule has 2 aromatic rings. The molecule has 4 nitrogen and oxygen atoms in total. The van der Waals surface area contributed by atoms with Crippen molar-refractivity contribution in [3.05, 3.63) is 71.3 Å². The predicted molar refractivity (Wildman–Crippen MR) is 86.6 cm³/mol. The average molecular weight is 332 g/mol. The summed E-state index contributed by atoms with van der Waals surface area (Å²) >= 11 is 0. The van der Waals surface area contributed by atoms with Crippen molar-refractivity contribution in [2.45, 2.75) is 25.8 Å². The number of nitrogens with one attached hydrogen (secondary N) is 2. The summed E-state index contributed by atoms with van der Waals surface area (Å²) < 4.78 is 27.1. The molecule has 0 aliphatic heterocycles. The number of halogens is 2. The lowest BCUT2D eigenvalue weighted by Gasteiger charge is -2.26. The van der Waals surface area contributed by atoms with Gasteiger partial charge in [0.05, 0.1) is 0 Å². The molecule has 2 rings (SSSR count). The average Bonchev–Trinajstić information content (AvgIpc) is 2.46. The first kappa shape index (κ1) is 17.6. The van der Waals surface area contributed by atoms with Gasteiger partial charge in [0.1, 0.15) is 17.2 Å². The van der Waals surface area contributed by atoms with Crippen molar-refractivity contribution in [2.75, 3.05) is 0 Å². The van der Waals surface area contributed by atoms with Crippen LogP contribution in [0, 0.1) is 11.6 Å². The topological polar surface area (TPSA) is 58.2 Å². The molecular weight excluding hydrogens is 314 g/mol. The lowest BCUT2D eigenvalue weighted by molar-refractivity contribution is 0.0954. The third kappa shape index (κ3) is 4.62. The summed E-state index contributed by atoms with van der Waals surface area (Å²) in [6, 6.07) is 11.7. The zero-order chi connectivity index (χ0) is 17.7. The molecule has 2 N–H and O–H groups in total. The Morgan fingerprint density at radius 3 is 2.12 bits per heavy atom. The van der Waals surface area contributed by atoms with E-state index in [1.807, 2.05) is 35.6 Å². The molecule has 3 amide bonds. The van der Waals surface area contributed by atoms with Crippen LogP contribution in [0.1, 0.15) is 29.8 Å². The Kier molecular flexibility index (Phi) is 5.28. The number of benzene rings is 2. The van der Waals surface area contributed by atoms with E-state index in [4.69, 9.17) is 0 Å². The first-order chi connectivity index (χ1) is 11.3. The minimum absolute atomic E-state index is 0.531. The van der Waals surface area contributed by atoms with E-state index >= 15 is 0 Å². The van der Waals surface area contributed by atoms with Crippen molar-refractivity contribution >= 4 is 11.9 Å². The molecule has 0 radical (unpaired) electrons. The predicted octanol–water partition coefficient (Wildman–Crippen LogP) is 3.43. The van der Waals surface area contributed by atoms with Crippen LogP contribution in [0.3, 0.4) is 0 Å². The van der Waals surface area contributed by atoms with E-state index in [1.165, 1.54) is 0 Å². The molecule has 0 saturated carbocycles. The van der Waals surface area contributed by atoms with Gasteiger partial charge in [0.2, 0.25) is 0 Å². The summed E-state index contributed by atoms with van der Waals surface area (Å²) in [5, 5.41) is 4.58. The Labute approximate surface area is 138 Å². The Morgan fingerprint density at radius 1 is 0.958 bits per heavy atom. The molecule has 0 unspecified atom stereocenters. The smallest absolute Gasteiger partial charge is 0.322 e. The summed E-state index contributed by atoms with van der Waals surface area (Å²) in [5.41, 5.74) is -0.428. The van der Waals surface area contributed by atoms with Crippen molar-refractivity contribution in [3.8, 4) is 0 Å². The van der Waals surface area contributed by atoms with Crippen molar-refractivity contribution < 1.29 is 18.4 Å². The molecule has 0 aliphatic rings. The van der Waals surface area contributed by atoms with Gasteiger partial charge >= 0.3 is 6.03 Å².